The summed E-state index contributed by atoms with van der Waals surface area (Å²) in [5.41, 5.74) is 1.24. The fraction of sp³-hybridized carbons (Fsp3) is 0.0500. The minimum atomic E-state index is -0.512. The molecule has 0 unspecified atom stereocenters. The molecule has 0 saturated heterocycles. The summed E-state index contributed by atoms with van der Waals surface area (Å²) in [6.45, 7) is -0.400. The molecule has 0 fully saturated rings. The number of carbonyl (C=O) groups excluding carboxylic acids is 3. The third kappa shape index (κ3) is 3.05. The number of amides is 3. The van der Waals surface area contributed by atoms with Crippen molar-refractivity contribution in [2.45, 2.75) is 0 Å². The maximum absolute atomic E-state index is 12.8. The van der Waals surface area contributed by atoms with Gasteiger partial charge in [0.2, 0.25) is 5.91 Å². The molecule has 0 saturated carbocycles. The molecule has 0 radical (unpaired) electrons. The molecule has 1 aliphatic heterocycles. The molecular weight excluding hydrogens is 387 g/mol. The Kier molecular flexibility index (Phi) is 4.34. The fourth-order valence-corrected chi connectivity index (χ4v) is 3.44. The molecule has 0 bridgehead atoms. The van der Waals surface area contributed by atoms with Crippen LogP contribution in [0.25, 0.3) is 10.8 Å². The average Bonchev–Trinajstić information content (AvgIpc) is 2.66. The normalized spacial score (nSPS) is 13.2. The standard InChI is InChI=1S/C20H12Cl2N2O3/c21-15-8-7-12(9-16(15)22)23-17(25)10-24-19(26)13-5-1-3-11-4-2-6-14(18(11)13)20(24)27/h1-9H,10H2,(H,23,25). The molecule has 3 aromatic carbocycles. The zero-order chi connectivity index (χ0) is 19.1. The highest BCUT2D eigenvalue weighted by atomic mass is 35.5. The number of benzene rings is 3. The number of carbonyl (C=O) groups is 3. The van der Waals surface area contributed by atoms with Gasteiger partial charge in [0.15, 0.2) is 0 Å². The Morgan fingerprint density at radius 3 is 2.11 bits per heavy atom. The molecule has 0 aromatic heterocycles. The van der Waals surface area contributed by atoms with Crippen molar-refractivity contribution in [2.24, 2.45) is 0 Å². The molecule has 3 aromatic rings. The molecule has 5 nitrogen and oxygen atoms in total. The van der Waals surface area contributed by atoms with E-state index in [-0.39, 0.29) is 0 Å². The van der Waals surface area contributed by atoms with E-state index in [1.807, 2.05) is 12.1 Å². The Hall–Kier alpha value is -2.89. The van der Waals surface area contributed by atoms with Gasteiger partial charge in [-0.15, -0.1) is 0 Å². The van der Waals surface area contributed by atoms with Crippen molar-refractivity contribution < 1.29 is 14.4 Å². The maximum atomic E-state index is 12.8. The first-order valence-corrected chi connectivity index (χ1v) is 8.84. The second kappa shape index (κ2) is 6.68. The largest absolute Gasteiger partial charge is 0.324 e. The molecule has 1 N–H and O–H groups in total. The highest BCUT2D eigenvalue weighted by molar-refractivity contribution is 6.42. The summed E-state index contributed by atoms with van der Waals surface area (Å²) >= 11 is 11.8. The van der Waals surface area contributed by atoms with Crippen LogP contribution >= 0.6 is 23.2 Å². The molecule has 7 heteroatoms. The Morgan fingerprint density at radius 2 is 1.52 bits per heavy atom. The molecule has 27 heavy (non-hydrogen) atoms. The van der Waals surface area contributed by atoms with Crippen molar-refractivity contribution in [2.75, 3.05) is 11.9 Å². The van der Waals surface area contributed by atoms with Crippen molar-refractivity contribution in [1.82, 2.24) is 4.90 Å². The number of anilines is 1. The van der Waals surface area contributed by atoms with E-state index in [0.29, 0.717) is 32.2 Å². The van der Waals surface area contributed by atoms with E-state index in [1.165, 1.54) is 6.07 Å². The van der Waals surface area contributed by atoms with Gasteiger partial charge in [-0.05, 0) is 35.7 Å². The average molecular weight is 399 g/mol. The van der Waals surface area contributed by atoms with Crippen molar-refractivity contribution in [3.8, 4) is 0 Å². The first kappa shape index (κ1) is 17.5. The number of nitrogens with one attached hydrogen (secondary N) is 1. The lowest BCUT2D eigenvalue weighted by Crippen LogP contribution is -2.44. The number of hydrogen-bond donors (Lipinski definition) is 1. The van der Waals surface area contributed by atoms with Gasteiger partial charge in [-0.25, -0.2) is 0 Å². The van der Waals surface area contributed by atoms with Gasteiger partial charge >= 0.3 is 0 Å². The molecule has 1 aliphatic rings. The van der Waals surface area contributed by atoms with Crippen LogP contribution in [-0.2, 0) is 4.79 Å². The summed E-state index contributed by atoms with van der Waals surface area (Å²) in [6, 6.07) is 15.1. The van der Waals surface area contributed by atoms with Gasteiger partial charge in [-0.3, -0.25) is 19.3 Å². The van der Waals surface area contributed by atoms with Gasteiger partial charge in [0.25, 0.3) is 11.8 Å². The van der Waals surface area contributed by atoms with Gasteiger partial charge in [-0.1, -0.05) is 47.5 Å². The lowest BCUT2D eigenvalue weighted by molar-refractivity contribution is -0.116. The summed E-state index contributed by atoms with van der Waals surface area (Å²) in [5.74, 6) is -1.50. The molecule has 1 heterocycles. The van der Waals surface area contributed by atoms with Crippen LogP contribution in [0.5, 0.6) is 0 Å². The predicted octanol–water partition coefficient (Wildman–Crippen LogP) is 4.38. The third-order valence-electron chi connectivity index (χ3n) is 4.36. The van der Waals surface area contributed by atoms with Gasteiger partial charge in [0.05, 0.1) is 10.0 Å². The summed E-state index contributed by atoms with van der Waals surface area (Å²) < 4.78 is 0. The minimum Gasteiger partial charge on any atom is -0.324 e. The van der Waals surface area contributed by atoms with Crippen LogP contribution in [0.2, 0.25) is 10.0 Å². The first-order valence-electron chi connectivity index (χ1n) is 8.08. The Labute approximate surface area is 164 Å². The van der Waals surface area contributed by atoms with Crippen molar-refractivity contribution >= 4 is 57.4 Å². The SMILES string of the molecule is O=C(CN1C(=O)c2cccc3cccc(c23)C1=O)Nc1ccc(Cl)c(Cl)c1. The number of hydrogen-bond acceptors (Lipinski definition) is 3. The van der Waals surface area contributed by atoms with Crippen LogP contribution in [-0.4, -0.2) is 29.2 Å². The lowest BCUT2D eigenvalue weighted by Gasteiger charge is -2.26. The van der Waals surface area contributed by atoms with Crippen LogP contribution in [0.1, 0.15) is 20.7 Å². The van der Waals surface area contributed by atoms with Gasteiger partial charge < -0.3 is 5.32 Å². The van der Waals surface area contributed by atoms with Crippen LogP contribution in [0.3, 0.4) is 0 Å². The van der Waals surface area contributed by atoms with Gasteiger partial charge in [0, 0.05) is 22.2 Å². The van der Waals surface area contributed by atoms with Crippen LogP contribution < -0.4 is 5.32 Å². The third-order valence-corrected chi connectivity index (χ3v) is 5.10. The second-order valence-electron chi connectivity index (χ2n) is 6.08. The van der Waals surface area contributed by atoms with E-state index in [4.69, 9.17) is 23.2 Å². The minimum absolute atomic E-state index is 0.292. The van der Waals surface area contributed by atoms with Crippen molar-refractivity contribution in [3.63, 3.8) is 0 Å². The van der Waals surface area contributed by atoms with Gasteiger partial charge in [-0.2, -0.15) is 0 Å². The predicted molar refractivity (Wildman–Crippen MR) is 104 cm³/mol. The Bertz CT molecular complexity index is 1080. The number of halogens is 2. The maximum Gasteiger partial charge on any atom is 0.261 e. The summed E-state index contributed by atoms with van der Waals surface area (Å²) in [7, 11) is 0. The van der Waals surface area contributed by atoms with Crippen LogP contribution in [0.15, 0.2) is 54.6 Å². The number of imide groups is 1. The van der Waals surface area contributed by atoms with Crippen LogP contribution in [0, 0.1) is 0 Å². The topological polar surface area (TPSA) is 66.5 Å². The smallest absolute Gasteiger partial charge is 0.261 e. The molecule has 134 valence electrons. The van der Waals surface area contributed by atoms with Crippen LogP contribution in [0.4, 0.5) is 5.69 Å². The monoisotopic (exact) mass is 398 g/mol. The molecular formula is C20H12Cl2N2O3. The number of nitrogens with zero attached hydrogens (tertiary/aromatic N) is 1. The van der Waals surface area contributed by atoms with E-state index in [1.54, 1.807) is 36.4 Å². The Morgan fingerprint density at radius 1 is 0.889 bits per heavy atom. The number of rotatable bonds is 3. The summed E-state index contributed by atoms with van der Waals surface area (Å²) in [6.07, 6.45) is 0. The second-order valence-corrected chi connectivity index (χ2v) is 6.90. The zero-order valence-corrected chi connectivity index (χ0v) is 15.3. The van der Waals surface area contributed by atoms with Crippen molar-refractivity contribution in [3.05, 3.63) is 75.8 Å². The molecule has 0 atom stereocenters. The summed E-state index contributed by atoms with van der Waals surface area (Å²) in [4.78, 5) is 38.9. The molecule has 3 amide bonds. The molecule has 4 rings (SSSR count). The van der Waals surface area contributed by atoms with E-state index in [2.05, 4.69) is 5.32 Å². The molecule has 0 spiro atoms. The van der Waals surface area contributed by atoms with Gasteiger partial charge in [0.1, 0.15) is 6.54 Å². The quantitative estimate of drug-likeness (QED) is 0.665. The van der Waals surface area contributed by atoms with Crippen molar-refractivity contribution in [1.29, 1.82) is 0 Å². The summed E-state index contributed by atoms with van der Waals surface area (Å²) in [5, 5.41) is 4.71. The lowest BCUT2D eigenvalue weighted by atomic mass is 9.94. The highest BCUT2D eigenvalue weighted by Gasteiger charge is 2.33. The van der Waals surface area contributed by atoms with E-state index >= 15 is 0 Å². The van der Waals surface area contributed by atoms with E-state index in [0.717, 1.165) is 10.3 Å². The highest BCUT2D eigenvalue weighted by Crippen LogP contribution is 2.30. The zero-order valence-electron chi connectivity index (χ0n) is 13.8. The Balaban J connectivity index is 1.61. The van der Waals surface area contributed by atoms with E-state index in [9.17, 15) is 14.4 Å². The first-order chi connectivity index (χ1) is 13.0. The fourth-order valence-electron chi connectivity index (χ4n) is 3.14. The molecule has 0 aliphatic carbocycles. The van der Waals surface area contributed by atoms with E-state index < -0.39 is 24.3 Å².